The van der Waals surface area contributed by atoms with E-state index in [1.54, 1.807) is 7.11 Å². The fourth-order valence-corrected chi connectivity index (χ4v) is 3.21. The first-order chi connectivity index (χ1) is 9.83. The third-order valence-corrected chi connectivity index (χ3v) is 4.35. The molecule has 0 bridgehead atoms. The number of nitrogens with one attached hydrogen (secondary N) is 1. The van der Waals surface area contributed by atoms with Crippen molar-refractivity contribution >= 4 is 11.8 Å². The second-order valence-electron chi connectivity index (χ2n) is 4.62. The van der Waals surface area contributed by atoms with Gasteiger partial charge in [-0.3, -0.25) is 0 Å². The number of methoxy groups -OCH3 is 1. The average molecular weight is 287 g/mol. The first kappa shape index (κ1) is 14.9. The molecule has 3 heteroatoms. The molecule has 0 saturated carbocycles. The van der Waals surface area contributed by atoms with Gasteiger partial charge in [0.1, 0.15) is 5.75 Å². The third-order valence-electron chi connectivity index (χ3n) is 3.24. The van der Waals surface area contributed by atoms with Gasteiger partial charge in [0.25, 0.3) is 0 Å². The lowest BCUT2D eigenvalue weighted by Crippen LogP contribution is -2.18. The molecule has 2 aromatic rings. The molecule has 1 unspecified atom stereocenters. The molecule has 0 saturated heterocycles. The Balaban J connectivity index is 1.91. The van der Waals surface area contributed by atoms with Gasteiger partial charge in [-0.25, -0.2) is 0 Å². The molecule has 0 amide bonds. The van der Waals surface area contributed by atoms with Gasteiger partial charge in [0.05, 0.1) is 7.11 Å². The summed E-state index contributed by atoms with van der Waals surface area (Å²) in [6.07, 6.45) is 0. The molecule has 1 N–H and O–H groups in total. The van der Waals surface area contributed by atoms with Crippen molar-refractivity contribution in [2.24, 2.45) is 0 Å². The second kappa shape index (κ2) is 7.98. The molecule has 0 heterocycles. The predicted molar refractivity (Wildman–Crippen MR) is 87.4 cm³/mol. The average Bonchev–Trinajstić information content (AvgIpc) is 2.52. The third kappa shape index (κ3) is 4.29. The summed E-state index contributed by atoms with van der Waals surface area (Å²) >= 11 is 1.94. The summed E-state index contributed by atoms with van der Waals surface area (Å²) in [6.45, 7) is 0. The van der Waals surface area contributed by atoms with Crippen LogP contribution in [0.1, 0.15) is 17.2 Å². The summed E-state index contributed by atoms with van der Waals surface area (Å²) < 4.78 is 5.29. The number of hydrogen-bond donors (Lipinski definition) is 1. The smallest absolute Gasteiger partial charge is 0.119 e. The van der Waals surface area contributed by atoms with Gasteiger partial charge in [-0.1, -0.05) is 42.5 Å². The predicted octanol–water partition coefficient (Wildman–Crippen LogP) is 3.89. The number of benzene rings is 2. The van der Waals surface area contributed by atoms with Crippen LogP contribution in [0.5, 0.6) is 5.75 Å². The van der Waals surface area contributed by atoms with Crippen LogP contribution in [0, 0.1) is 0 Å². The Morgan fingerprint density at radius 1 is 1.10 bits per heavy atom. The maximum atomic E-state index is 5.29. The molecular formula is C17H21NOS. The van der Waals surface area contributed by atoms with Crippen LogP contribution in [0.25, 0.3) is 0 Å². The molecule has 0 aliphatic carbocycles. The molecule has 0 aliphatic heterocycles. The maximum Gasteiger partial charge on any atom is 0.119 e. The minimum absolute atomic E-state index is 0.346. The summed E-state index contributed by atoms with van der Waals surface area (Å²) in [5, 5.41) is 3.38. The largest absolute Gasteiger partial charge is 0.497 e. The van der Waals surface area contributed by atoms with Crippen LogP contribution >= 0.6 is 11.8 Å². The lowest BCUT2D eigenvalue weighted by Gasteiger charge is -2.17. The van der Waals surface area contributed by atoms with Crippen LogP contribution in [-0.2, 0) is 5.75 Å². The van der Waals surface area contributed by atoms with E-state index in [2.05, 4.69) is 47.8 Å². The molecule has 2 rings (SSSR count). The first-order valence-corrected chi connectivity index (χ1v) is 7.92. The van der Waals surface area contributed by atoms with Gasteiger partial charge in [-0.05, 0) is 30.3 Å². The SMILES string of the molecule is CNC(CSCc1ccccc1)c1cccc(OC)c1. The molecule has 0 aliphatic rings. The highest BCUT2D eigenvalue weighted by Gasteiger charge is 2.10. The van der Waals surface area contributed by atoms with Crippen molar-refractivity contribution in [3.8, 4) is 5.75 Å². The van der Waals surface area contributed by atoms with Gasteiger partial charge in [-0.2, -0.15) is 11.8 Å². The molecule has 20 heavy (non-hydrogen) atoms. The molecular weight excluding hydrogens is 266 g/mol. The van der Waals surface area contributed by atoms with Gasteiger partial charge in [-0.15, -0.1) is 0 Å². The lowest BCUT2D eigenvalue weighted by atomic mass is 10.1. The Morgan fingerprint density at radius 2 is 1.90 bits per heavy atom. The Bertz CT molecular complexity index is 515. The van der Waals surface area contributed by atoms with E-state index in [0.717, 1.165) is 17.3 Å². The number of rotatable bonds is 7. The van der Waals surface area contributed by atoms with Gasteiger partial charge in [0, 0.05) is 17.5 Å². The Hall–Kier alpha value is -1.45. The summed E-state index contributed by atoms with van der Waals surface area (Å²) in [4.78, 5) is 0. The molecule has 0 radical (unpaired) electrons. The minimum atomic E-state index is 0.346. The van der Waals surface area contributed by atoms with Crippen molar-refractivity contribution in [2.45, 2.75) is 11.8 Å². The highest BCUT2D eigenvalue weighted by atomic mass is 32.2. The van der Waals surface area contributed by atoms with Gasteiger partial charge < -0.3 is 10.1 Å². The van der Waals surface area contributed by atoms with E-state index in [0.29, 0.717) is 6.04 Å². The molecule has 0 fully saturated rings. The molecule has 1 atom stereocenters. The standard InChI is InChI=1S/C17H21NOS/c1-18-17(15-9-6-10-16(11-15)19-2)13-20-12-14-7-4-3-5-8-14/h3-11,17-18H,12-13H2,1-2H3. The monoisotopic (exact) mass is 287 g/mol. The van der Waals surface area contributed by atoms with Crippen molar-refractivity contribution in [3.63, 3.8) is 0 Å². The lowest BCUT2D eigenvalue weighted by molar-refractivity contribution is 0.413. The van der Waals surface area contributed by atoms with Gasteiger partial charge in [0.2, 0.25) is 0 Å². The zero-order valence-corrected chi connectivity index (χ0v) is 12.8. The summed E-state index contributed by atoms with van der Waals surface area (Å²) in [5.41, 5.74) is 2.64. The van der Waals surface area contributed by atoms with Crippen LogP contribution in [0.15, 0.2) is 54.6 Å². The molecule has 106 valence electrons. The normalized spacial score (nSPS) is 12.1. The zero-order valence-electron chi connectivity index (χ0n) is 12.0. The van der Waals surface area contributed by atoms with E-state index in [4.69, 9.17) is 4.74 Å². The maximum absolute atomic E-state index is 5.29. The van der Waals surface area contributed by atoms with Crippen LogP contribution in [0.3, 0.4) is 0 Å². The zero-order chi connectivity index (χ0) is 14.2. The first-order valence-electron chi connectivity index (χ1n) is 6.76. The van der Waals surface area contributed by atoms with E-state index in [1.165, 1.54) is 11.1 Å². The van der Waals surface area contributed by atoms with Crippen molar-refractivity contribution in [2.75, 3.05) is 19.9 Å². The van der Waals surface area contributed by atoms with E-state index in [-0.39, 0.29) is 0 Å². The number of thioether (sulfide) groups is 1. The topological polar surface area (TPSA) is 21.3 Å². The quantitative estimate of drug-likeness (QED) is 0.835. The molecule has 2 aromatic carbocycles. The van der Waals surface area contributed by atoms with E-state index in [9.17, 15) is 0 Å². The Kier molecular flexibility index (Phi) is 5.96. The van der Waals surface area contributed by atoms with Crippen LogP contribution in [0.4, 0.5) is 0 Å². The van der Waals surface area contributed by atoms with Crippen molar-refractivity contribution in [3.05, 3.63) is 65.7 Å². The Labute approximate surface area is 125 Å². The van der Waals surface area contributed by atoms with E-state index < -0.39 is 0 Å². The number of ether oxygens (including phenoxy) is 1. The summed E-state index contributed by atoms with van der Waals surface area (Å²) in [6, 6.07) is 19.2. The minimum Gasteiger partial charge on any atom is -0.497 e. The number of hydrogen-bond acceptors (Lipinski definition) is 3. The summed E-state index contributed by atoms with van der Waals surface area (Å²) in [5.74, 6) is 3.00. The van der Waals surface area contributed by atoms with Crippen molar-refractivity contribution < 1.29 is 4.74 Å². The molecule has 0 spiro atoms. The van der Waals surface area contributed by atoms with E-state index in [1.807, 2.05) is 30.9 Å². The fourth-order valence-electron chi connectivity index (χ4n) is 2.07. The van der Waals surface area contributed by atoms with Crippen molar-refractivity contribution in [1.82, 2.24) is 5.32 Å². The Morgan fingerprint density at radius 3 is 2.60 bits per heavy atom. The van der Waals surface area contributed by atoms with Crippen LogP contribution < -0.4 is 10.1 Å². The highest BCUT2D eigenvalue weighted by Crippen LogP contribution is 2.23. The molecule has 2 nitrogen and oxygen atoms in total. The van der Waals surface area contributed by atoms with E-state index >= 15 is 0 Å². The molecule has 0 aromatic heterocycles. The van der Waals surface area contributed by atoms with Crippen LogP contribution in [-0.4, -0.2) is 19.9 Å². The second-order valence-corrected chi connectivity index (χ2v) is 5.65. The highest BCUT2D eigenvalue weighted by molar-refractivity contribution is 7.98. The fraction of sp³-hybridized carbons (Fsp3) is 0.294. The van der Waals surface area contributed by atoms with Gasteiger partial charge >= 0.3 is 0 Å². The van der Waals surface area contributed by atoms with Gasteiger partial charge in [0.15, 0.2) is 0 Å². The summed E-state index contributed by atoms with van der Waals surface area (Å²) in [7, 11) is 3.71. The van der Waals surface area contributed by atoms with Crippen LogP contribution in [0.2, 0.25) is 0 Å². The van der Waals surface area contributed by atoms with Crippen molar-refractivity contribution in [1.29, 1.82) is 0 Å².